The van der Waals surface area contributed by atoms with Crippen LogP contribution >= 0.6 is 0 Å². The minimum absolute atomic E-state index is 0.0471. The van der Waals surface area contributed by atoms with Crippen molar-refractivity contribution in [3.63, 3.8) is 0 Å². The van der Waals surface area contributed by atoms with Gasteiger partial charge < -0.3 is 4.55 Å². The van der Waals surface area contributed by atoms with E-state index < -0.39 is 11.2 Å². The van der Waals surface area contributed by atoms with Gasteiger partial charge in [0.25, 0.3) is 0 Å². The summed E-state index contributed by atoms with van der Waals surface area (Å²) < 4.78 is 11.9. The zero-order chi connectivity index (χ0) is 12.0. The first-order valence-corrected chi connectivity index (χ1v) is 7.63. The number of rotatable bonds is 2. The van der Waals surface area contributed by atoms with Crippen molar-refractivity contribution in [2.45, 2.75) is 27.2 Å². The van der Waals surface area contributed by atoms with E-state index in [4.69, 9.17) is 0 Å². The largest absolute Gasteiger partial charge is 0.616 e. The Bertz CT molecular complexity index is 325. The molecule has 0 spiro atoms. The Labute approximate surface area is 102 Å². The smallest absolute Gasteiger partial charge is 0.110 e. The molecule has 5 atom stereocenters. The van der Waals surface area contributed by atoms with E-state index in [-0.39, 0.29) is 10.8 Å². The lowest BCUT2D eigenvalue weighted by atomic mass is 9.58. The van der Waals surface area contributed by atoms with Crippen LogP contribution in [-0.2, 0) is 11.2 Å². The fourth-order valence-electron chi connectivity index (χ4n) is 3.18. The SMILES string of the molecule is C=CC1(C)C=CC(C)(CC)C2C[S+]([O-])CC21. The summed E-state index contributed by atoms with van der Waals surface area (Å²) in [5, 5.41) is 0. The minimum atomic E-state index is -0.627. The fourth-order valence-corrected chi connectivity index (χ4v) is 5.32. The van der Waals surface area contributed by atoms with Crippen LogP contribution in [0, 0.1) is 22.7 Å². The van der Waals surface area contributed by atoms with Crippen LogP contribution in [0.1, 0.15) is 27.2 Å². The third kappa shape index (κ3) is 1.67. The van der Waals surface area contributed by atoms with E-state index in [0.29, 0.717) is 11.8 Å². The Kier molecular flexibility index (Phi) is 3.00. The molecule has 0 aromatic heterocycles. The molecule has 90 valence electrons. The summed E-state index contributed by atoms with van der Waals surface area (Å²) in [6.07, 6.45) is 7.82. The Morgan fingerprint density at radius 1 is 1.38 bits per heavy atom. The summed E-state index contributed by atoms with van der Waals surface area (Å²) in [5.41, 5.74) is 0.283. The Balaban J connectivity index is 2.40. The highest BCUT2D eigenvalue weighted by molar-refractivity contribution is 7.91. The predicted octanol–water partition coefficient (Wildman–Crippen LogP) is 3.16. The average Bonchev–Trinajstić information content (AvgIpc) is 2.68. The van der Waals surface area contributed by atoms with Gasteiger partial charge in [0, 0.05) is 17.3 Å². The molecule has 16 heavy (non-hydrogen) atoms. The van der Waals surface area contributed by atoms with Crippen molar-refractivity contribution in [3.05, 3.63) is 24.8 Å². The normalized spacial score (nSPS) is 51.4. The van der Waals surface area contributed by atoms with Crippen LogP contribution in [0.3, 0.4) is 0 Å². The third-order valence-corrected chi connectivity index (χ3v) is 6.35. The molecule has 2 aliphatic rings. The van der Waals surface area contributed by atoms with Crippen molar-refractivity contribution in [3.8, 4) is 0 Å². The quantitative estimate of drug-likeness (QED) is 0.535. The van der Waals surface area contributed by atoms with Gasteiger partial charge in [-0.15, -0.1) is 6.58 Å². The highest BCUT2D eigenvalue weighted by Crippen LogP contribution is 2.54. The van der Waals surface area contributed by atoms with Crippen molar-refractivity contribution in [2.75, 3.05) is 11.5 Å². The zero-order valence-corrected chi connectivity index (χ0v) is 11.3. The lowest BCUT2D eigenvalue weighted by Crippen LogP contribution is -2.41. The summed E-state index contributed by atoms with van der Waals surface area (Å²) >= 11 is -0.627. The van der Waals surface area contributed by atoms with Gasteiger partial charge in [-0.05, 0) is 11.8 Å². The highest BCUT2D eigenvalue weighted by Gasteiger charge is 2.54. The van der Waals surface area contributed by atoms with Gasteiger partial charge in [-0.2, -0.15) is 0 Å². The van der Waals surface area contributed by atoms with Gasteiger partial charge in [0.2, 0.25) is 0 Å². The average molecular weight is 238 g/mol. The maximum absolute atomic E-state index is 11.9. The molecule has 0 saturated carbocycles. The van der Waals surface area contributed by atoms with E-state index in [1.807, 2.05) is 6.08 Å². The summed E-state index contributed by atoms with van der Waals surface area (Å²) in [5.74, 6) is 2.81. The molecule has 1 aliphatic heterocycles. The molecule has 0 amide bonds. The molecule has 1 heterocycles. The van der Waals surface area contributed by atoms with Gasteiger partial charge in [0.1, 0.15) is 11.5 Å². The Morgan fingerprint density at radius 3 is 2.56 bits per heavy atom. The molecule has 1 saturated heterocycles. The van der Waals surface area contributed by atoms with Crippen molar-refractivity contribution < 1.29 is 4.55 Å². The van der Waals surface area contributed by atoms with E-state index in [2.05, 4.69) is 39.5 Å². The molecule has 0 aromatic rings. The molecule has 5 unspecified atom stereocenters. The van der Waals surface area contributed by atoms with Gasteiger partial charge in [-0.25, -0.2) is 0 Å². The summed E-state index contributed by atoms with van der Waals surface area (Å²) in [4.78, 5) is 0. The first-order chi connectivity index (χ1) is 7.45. The third-order valence-electron chi connectivity index (χ3n) is 4.89. The molecule has 2 heteroatoms. The molecule has 0 bridgehead atoms. The van der Waals surface area contributed by atoms with Crippen LogP contribution in [0.2, 0.25) is 0 Å². The molecule has 0 radical (unpaired) electrons. The first-order valence-electron chi connectivity index (χ1n) is 6.14. The Morgan fingerprint density at radius 2 is 2.00 bits per heavy atom. The number of hydrogen-bond acceptors (Lipinski definition) is 1. The highest BCUT2D eigenvalue weighted by atomic mass is 32.2. The molecule has 1 aliphatic carbocycles. The topological polar surface area (TPSA) is 23.1 Å². The van der Waals surface area contributed by atoms with Gasteiger partial charge in [0.05, 0.1) is 0 Å². The van der Waals surface area contributed by atoms with Crippen molar-refractivity contribution in [1.82, 2.24) is 0 Å². The molecular formula is C14H22OS. The van der Waals surface area contributed by atoms with Crippen molar-refractivity contribution in [2.24, 2.45) is 22.7 Å². The summed E-state index contributed by atoms with van der Waals surface area (Å²) in [6, 6.07) is 0. The van der Waals surface area contributed by atoms with Crippen LogP contribution in [-0.4, -0.2) is 16.1 Å². The predicted molar refractivity (Wildman–Crippen MR) is 70.7 cm³/mol. The van der Waals surface area contributed by atoms with E-state index in [1.54, 1.807) is 0 Å². The molecule has 1 nitrogen and oxygen atoms in total. The standard InChI is InChI=1S/C14H22OS/c1-5-13(3)7-8-14(4,6-2)12-10-16(15)9-11(12)13/h5,7-8,11-12H,1,6,9-10H2,2-4H3. The van der Waals surface area contributed by atoms with E-state index in [9.17, 15) is 4.55 Å². The van der Waals surface area contributed by atoms with Crippen LogP contribution in [0.25, 0.3) is 0 Å². The monoisotopic (exact) mass is 238 g/mol. The second kappa shape index (κ2) is 3.92. The van der Waals surface area contributed by atoms with E-state index in [1.165, 1.54) is 0 Å². The zero-order valence-electron chi connectivity index (χ0n) is 10.5. The molecular weight excluding hydrogens is 216 g/mol. The van der Waals surface area contributed by atoms with Gasteiger partial charge >= 0.3 is 0 Å². The van der Waals surface area contributed by atoms with Crippen LogP contribution in [0.15, 0.2) is 24.8 Å². The Hall–Kier alpha value is -0.210. The van der Waals surface area contributed by atoms with Crippen LogP contribution in [0.5, 0.6) is 0 Å². The number of hydrogen-bond donors (Lipinski definition) is 0. The molecule has 0 aromatic carbocycles. The summed E-state index contributed by atoms with van der Waals surface area (Å²) in [6.45, 7) is 10.7. The van der Waals surface area contributed by atoms with E-state index >= 15 is 0 Å². The molecule has 1 fully saturated rings. The fraction of sp³-hybridized carbons (Fsp3) is 0.714. The number of allylic oxidation sites excluding steroid dienone is 3. The summed E-state index contributed by atoms with van der Waals surface area (Å²) in [7, 11) is 0. The lowest BCUT2D eigenvalue weighted by molar-refractivity contribution is 0.132. The lowest BCUT2D eigenvalue weighted by Gasteiger charge is -2.44. The second-order valence-corrected chi connectivity index (χ2v) is 7.30. The molecule has 0 N–H and O–H groups in total. The van der Waals surface area contributed by atoms with E-state index in [0.717, 1.165) is 17.9 Å². The van der Waals surface area contributed by atoms with Crippen molar-refractivity contribution >= 4 is 11.2 Å². The maximum atomic E-state index is 11.9. The van der Waals surface area contributed by atoms with Gasteiger partial charge in [-0.1, -0.05) is 50.2 Å². The minimum Gasteiger partial charge on any atom is -0.616 e. The number of fused-ring (bicyclic) bond motifs is 1. The van der Waals surface area contributed by atoms with Crippen LogP contribution in [0.4, 0.5) is 0 Å². The van der Waals surface area contributed by atoms with Gasteiger partial charge in [0.15, 0.2) is 0 Å². The van der Waals surface area contributed by atoms with Crippen molar-refractivity contribution in [1.29, 1.82) is 0 Å². The maximum Gasteiger partial charge on any atom is 0.110 e. The van der Waals surface area contributed by atoms with Gasteiger partial charge in [-0.3, -0.25) is 0 Å². The first kappa shape index (κ1) is 12.3. The second-order valence-electron chi connectivity index (χ2n) is 5.75. The molecule has 2 rings (SSSR count). The van der Waals surface area contributed by atoms with Crippen LogP contribution < -0.4 is 0 Å².